The number of nitrogens with zero attached hydrogens (tertiary/aromatic N) is 3. The molecule has 0 bridgehead atoms. The average Bonchev–Trinajstić information content (AvgIpc) is 3.35. The number of carbonyl (C=O) groups excluding carboxylic acids is 1. The number of anilines is 1. The number of fused-ring (bicyclic) bond motifs is 2. The zero-order valence-corrected chi connectivity index (χ0v) is 18.4. The third kappa shape index (κ3) is 3.59. The molecule has 0 fully saturated rings. The molecular formula is C24H24N4O2S. The van der Waals surface area contributed by atoms with Gasteiger partial charge in [-0.05, 0) is 31.5 Å². The normalized spacial score (nSPS) is 15.7. The number of ether oxygens (including phenoxy) is 1. The van der Waals surface area contributed by atoms with Gasteiger partial charge in [0.25, 0.3) is 0 Å². The molecule has 1 aliphatic heterocycles. The maximum absolute atomic E-state index is 12.7. The first kappa shape index (κ1) is 19.8. The standard InChI is InChI=1S/C24H24N4O2S/c1-3-4-13-30-19-11-7-5-9-16(19)17-14-21(29)26-23-22(17)15(2)27-28(23)24-25-18-10-6-8-12-20(18)31-24/h5-12,17H,3-4,13-14H2,1-2H3,(H,26,29). The van der Waals surface area contributed by atoms with Crippen LogP contribution < -0.4 is 10.1 Å². The molecule has 1 N–H and O–H groups in total. The lowest BCUT2D eigenvalue weighted by atomic mass is 9.85. The van der Waals surface area contributed by atoms with Gasteiger partial charge < -0.3 is 10.1 Å². The van der Waals surface area contributed by atoms with Crippen molar-refractivity contribution >= 4 is 33.3 Å². The van der Waals surface area contributed by atoms with Gasteiger partial charge in [-0.2, -0.15) is 9.78 Å². The second-order valence-corrected chi connectivity index (χ2v) is 8.78. The molecule has 1 atom stereocenters. The molecule has 0 aliphatic carbocycles. The van der Waals surface area contributed by atoms with Crippen molar-refractivity contribution < 1.29 is 9.53 Å². The van der Waals surface area contributed by atoms with Gasteiger partial charge in [0.1, 0.15) is 11.6 Å². The van der Waals surface area contributed by atoms with Crippen LogP contribution in [0.1, 0.15) is 48.9 Å². The molecule has 4 aromatic rings. The number of aryl methyl sites for hydroxylation is 1. The summed E-state index contributed by atoms with van der Waals surface area (Å²) in [5, 5.41) is 8.58. The van der Waals surface area contributed by atoms with Gasteiger partial charge in [0, 0.05) is 23.5 Å². The summed E-state index contributed by atoms with van der Waals surface area (Å²) in [6, 6.07) is 16.0. The number of nitrogens with one attached hydrogen (secondary N) is 1. The third-order valence-electron chi connectivity index (χ3n) is 5.62. The number of aromatic nitrogens is 3. The Hall–Kier alpha value is -3.19. The Balaban J connectivity index is 1.60. The number of carbonyl (C=O) groups is 1. The summed E-state index contributed by atoms with van der Waals surface area (Å²) in [5.74, 6) is 1.42. The first-order chi connectivity index (χ1) is 15.2. The van der Waals surface area contributed by atoms with E-state index in [1.54, 1.807) is 16.0 Å². The van der Waals surface area contributed by atoms with Gasteiger partial charge in [0.15, 0.2) is 0 Å². The molecule has 0 spiro atoms. The Kier molecular flexibility index (Phi) is 5.19. The summed E-state index contributed by atoms with van der Waals surface area (Å²) in [6.07, 6.45) is 2.44. The van der Waals surface area contributed by atoms with Crippen molar-refractivity contribution in [1.82, 2.24) is 14.8 Å². The predicted octanol–water partition coefficient (Wildman–Crippen LogP) is 5.44. The highest BCUT2D eigenvalue weighted by atomic mass is 32.1. The first-order valence-corrected chi connectivity index (χ1v) is 11.4. The van der Waals surface area contributed by atoms with Crippen LogP contribution >= 0.6 is 11.3 Å². The Morgan fingerprint density at radius 2 is 2.00 bits per heavy atom. The fourth-order valence-electron chi connectivity index (χ4n) is 4.13. The van der Waals surface area contributed by atoms with Gasteiger partial charge in [-0.1, -0.05) is 55.0 Å². The molecule has 0 radical (unpaired) electrons. The van der Waals surface area contributed by atoms with Crippen molar-refractivity contribution in [3.8, 4) is 10.9 Å². The number of thiazole rings is 1. The Labute approximate surface area is 184 Å². The smallest absolute Gasteiger partial charge is 0.226 e. The number of benzene rings is 2. The number of rotatable bonds is 6. The van der Waals surface area contributed by atoms with Gasteiger partial charge >= 0.3 is 0 Å². The molecule has 1 amide bonds. The summed E-state index contributed by atoms with van der Waals surface area (Å²) in [7, 11) is 0. The van der Waals surface area contributed by atoms with E-state index in [9.17, 15) is 4.79 Å². The van der Waals surface area contributed by atoms with Gasteiger partial charge in [-0.25, -0.2) is 4.98 Å². The summed E-state index contributed by atoms with van der Waals surface area (Å²) >= 11 is 1.56. The second kappa shape index (κ2) is 8.15. The molecule has 1 aliphatic rings. The van der Waals surface area contributed by atoms with E-state index in [4.69, 9.17) is 14.8 Å². The summed E-state index contributed by atoms with van der Waals surface area (Å²) < 4.78 is 8.95. The topological polar surface area (TPSA) is 69.0 Å². The highest BCUT2D eigenvalue weighted by Crippen LogP contribution is 2.43. The number of para-hydroxylation sites is 2. The minimum absolute atomic E-state index is 0.0249. The van der Waals surface area contributed by atoms with Crippen LogP contribution in [0.2, 0.25) is 0 Å². The quantitative estimate of drug-likeness (QED) is 0.412. The number of hydrogen-bond donors (Lipinski definition) is 1. The van der Waals surface area contributed by atoms with Crippen LogP contribution in [0.4, 0.5) is 5.82 Å². The van der Waals surface area contributed by atoms with Crippen LogP contribution in [-0.2, 0) is 4.79 Å². The summed E-state index contributed by atoms with van der Waals surface area (Å²) in [5.41, 5.74) is 3.88. The lowest BCUT2D eigenvalue weighted by Gasteiger charge is -2.25. The fraction of sp³-hybridized carbons (Fsp3) is 0.292. The van der Waals surface area contributed by atoms with Crippen molar-refractivity contribution in [3.63, 3.8) is 0 Å². The summed E-state index contributed by atoms with van der Waals surface area (Å²) in [4.78, 5) is 17.5. The van der Waals surface area contributed by atoms with Crippen LogP contribution in [0.3, 0.4) is 0 Å². The van der Waals surface area contributed by atoms with Gasteiger partial charge in [-0.15, -0.1) is 0 Å². The molecule has 7 heteroatoms. The number of hydrogen-bond acceptors (Lipinski definition) is 5. The Morgan fingerprint density at radius 3 is 2.84 bits per heavy atom. The third-order valence-corrected chi connectivity index (χ3v) is 6.63. The molecule has 1 unspecified atom stereocenters. The highest BCUT2D eigenvalue weighted by Gasteiger charge is 2.34. The van der Waals surface area contributed by atoms with Crippen LogP contribution in [0.5, 0.6) is 5.75 Å². The van der Waals surface area contributed by atoms with E-state index in [2.05, 4.69) is 18.3 Å². The van der Waals surface area contributed by atoms with E-state index in [1.165, 1.54) is 0 Å². The second-order valence-electron chi connectivity index (χ2n) is 7.77. The van der Waals surface area contributed by atoms with Gasteiger partial charge in [0.05, 0.1) is 22.5 Å². The lowest BCUT2D eigenvalue weighted by molar-refractivity contribution is -0.116. The molecule has 5 rings (SSSR count). The molecule has 0 saturated carbocycles. The van der Waals surface area contributed by atoms with Crippen molar-refractivity contribution in [1.29, 1.82) is 0 Å². The Bertz CT molecular complexity index is 1230. The van der Waals surface area contributed by atoms with Crippen LogP contribution in [0.15, 0.2) is 48.5 Å². The SMILES string of the molecule is CCCCOc1ccccc1C1CC(=O)Nc2c1c(C)nn2-c1nc2ccccc2s1. The molecule has 6 nitrogen and oxygen atoms in total. The molecule has 0 saturated heterocycles. The molecule has 2 aromatic heterocycles. The predicted molar refractivity (Wildman–Crippen MR) is 123 cm³/mol. The van der Waals surface area contributed by atoms with E-state index in [1.807, 2.05) is 49.4 Å². The molecular weight excluding hydrogens is 408 g/mol. The first-order valence-electron chi connectivity index (χ1n) is 10.6. The van der Waals surface area contributed by atoms with E-state index in [0.29, 0.717) is 18.8 Å². The minimum atomic E-state index is -0.107. The molecule has 3 heterocycles. The number of unbranched alkanes of at least 4 members (excludes halogenated alkanes) is 1. The van der Waals surface area contributed by atoms with Crippen molar-refractivity contribution in [2.24, 2.45) is 0 Å². The van der Waals surface area contributed by atoms with Crippen LogP contribution in [0, 0.1) is 6.92 Å². The van der Waals surface area contributed by atoms with Crippen LogP contribution in [-0.4, -0.2) is 27.3 Å². The zero-order chi connectivity index (χ0) is 21.4. The summed E-state index contributed by atoms with van der Waals surface area (Å²) in [6.45, 7) is 4.81. The van der Waals surface area contributed by atoms with Gasteiger partial charge in [-0.3, -0.25) is 4.79 Å². The van der Waals surface area contributed by atoms with Crippen molar-refractivity contribution in [2.45, 2.75) is 39.0 Å². The van der Waals surface area contributed by atoms with E-state index >= 15 is 0 Å². The molecule has 31 heavy (non-hydrogen) atoms. The number of amides is 1. The Morgan fingerprint density at radius 1 is 1.19 bits per heavy atom. The maximum atomic E-state index is 12.7. The van der Waals surface area contributed by atoms with Crippen molar-refractivity contribution in [2.75, 3.05) is 11.9 Å². The zero-order valence-electron chi connectivity index (χ0n) is 17.6. The average molecular weight is 433 g/mol. The van der Waals surface area contributed by atoms with Gasteiger partial charge in [0.2, 0.25) is 11.0 Å². The van der Waals surface area contributed by atoms with E-state index in [-0.39, 0.29) is 11.8 Å². The lowest BCUT2D eigenvalue weighted by Crippen LogP contribution is -2.25. The monoisotopic (exact) mass is 432 g/mol. The highest BCUT2D eigenvalue weighted by molar-refractivity contribution is 7.20. The largest absolute Gasteiger partial charge is 0.493 e. The van der Waals surface area contributed by atoms with Crippen LogP contribution in [0.25, 0.3) is 15.3 Å². The molecule has 158 valence electrons. The minimum Gasteiger partial charge on any atom is -0.493 e. The maximum Gasteiger partial charge on any atom is 0.226 e. The van der Waals surface area contributed by atoms with Crippen molar-refractivity contribution in [3.05, 3.63) is 65.4 Å². The van der Waals surface area contributed by atoms with E-state index in [0.717, 1.165) is 50.8 Å². The fourth-order valence-corrected chi connectivity index (χ4v) is 5.05. The van der Waals surface area contributed by atoms with E-state index < -0.39 is 0 Å². The molecule has 2 aromatic carbocycles.